The number of nitrogens with one attached hydrogen (secondary N) is 2. The summed E-state index contributed by atoms with van der Waals surface area (Å²) in [6.07, 6.45) is 3.96. The minimum absolute atomic E-state index is 0. The third-order valence-corrected chi connectivity index (χ3v) is 4.16. The number of aliphatic hydroxyl groups is 1. The first-order chi connectivity index (χ1) is 13.1. The molecular formula is C21H26IN3O3. The normalized spacial score (nSPS) is 13.4. The van der Waals surface area contributed by atoms with Gasteiger partial charge in [0.05, 0.1) is 25.6 Å². The van der Waals surface area contributed by atoms with Gasteiger partial charge in [-0.1, -0.05) is 30.3 Å². The Bertz CT molecular complexity index is 816. The molecule has 2 aromatic heterocycles. The summed E-state index contributed by atoms with van der Waals surface area (Å²) in [6.45, 7) is 3.18. The maximum absolute atomic E-state index is 10.6. The van der Waals surface area contributed by atoms with E-state index in [1.165, 1.54) is 0 Å². The Morgan fingerprint density at radius 2 is 1.75 bits per heavy atom. The van der Waals surface area contributed by atoms with E-state index in [9.17, 15) is 5.11 Å². The van der Waals surface area contributed by atoms with Crippen molar-refractivity contribution < 1.29 is 13.9 Å². The molecule has 0 amide bonds. The predicted molar refractivity (Wildman–Crippen MR) is 120 cm³/mol. The molecule has 0 aliphatic rings. The van der Waals surface area contributed by atoms with Crippen molar-refractivity contribution in [2.75, 3.05) is 13.1 Å². The average Bonchev–Trinajstić information content (AvgIpc) is 3.38. The van der Waals surface area contributed by atoms with Gasteiger partial charge in [0.25, 0.3) is 0 Å². The van der Waals surface area contributed by atoms with Gasteiger partial charge < -0.3 is 24.6 Å². The van der Waals surface area contributed by atoms with Crippen molar-refractivity contribution in [2.24, 2.45) is 4.99 Å². The second-order valence-corrected chi connectivity index (χ2v) is 6.51. The Kier molecular flexibility index (Phi) is 8.59. The Labute approximate surface area is 182 Å². The molecule has 28 heavy (non-hydrogen) atoms. The number of halogens is 1. The molecule has 0 spiro atoms. The van der Waals surface area contributed by atoms with Gasteiger partial charge in [0.2, 0.25) is 0 Å². The zero-order valence-electron chi connectivity index (χ0n) is 15.8. The van der Waals surface area contributed by atoms with E-state index in [2.05, 4.69) is 15.6 Å². The van der Waals surface area contributed by atoms with Crippen molar-refractivity contribution in [3.8, 4) is 0 Å². The molecule has 1 unspecified atom stereocenters. The number of aliphatic imine (C=N–C) groups is 1. The predicted octanol–water partition coefficient (Wildman–Crippen LogP) is 3.68. The first kappa shape index (κ1) is 22.0. The Hall–Kier alpha value is -2.26. The van der Waals surface area contributed by atoms with Crippen LogP contribution in [0.25, 0.3) is 0 Å². The third-order valence-electron chi connectivity index (χ3n) is 4.16. The van der Waals surface area contributed by atoms with Crippen LogP contribution in [0, 0.1) is 0 Å². The van der Waals surface area contributed by atoms with Crippen LogP contribution in [0.4, 0.5) is 0 Å². The third kappa shape index (κ3) is 6.72. The molecule has 6 nitrogen and oxygen atoms in total. The lowest BCUT2D eigenvalue weighted by atomic mass is 10.0. The zero-order chi connectivity index (χ0) is 19.0. The molecule has 3 rings (SSSR count). The van der Waals surface area contributed by atoms with Gasteiger partial charge in [-0.25, -0.2) is 4.99 Å². The van der Waals surface area contributed by atoms with Gasteiger partial charge in [-0.2, -0.15) is 0 Å². The molecule has 0 fully saturated rings. The molecule has 1 aromatic carbocycles. The minimum atomic E-state index is -1.14. The Morgan fingerprint density at radius 1 is 1.00 bits per heavy atom. The number of furan rings is 2. The highest BCUT2D eigenvalue weighted by Crippen LogP contribution is 2.19. The quantitative estimate of drug-likeness (QED) is 0.253. The number of benzene rings is 1. The van der Waals surface area contributed by atoms with E-state index in [1.54, 1.807) is 31.6 Å². The van der Waals surface area contributed by atoms with Gasteiger partial charge in [0.1, 0.15) is 17.1 Å². The lowest BCUT2D eigenvalue weighted by Crippen LogP contribution is -2.45. The van der Waals surface area contributed by atoms with E-state index in [0.717, 1.165) is 17.7 Å². The summed E-state index contributed by atoms with van der Waals surface area (Å²) in [7, 11) is 0. The Morgan fingerprint density at radius 3 is 2.43 bits per heavy atom. The maximum Gasteiger partial charge on any atom is 0.191 e. The lowest BCUT2D eigenvalue weighted by Gasteiger charge is -2.23. The summed E-state index contributed by atoms with van der Waals surface area (Å²) in [5, 5.41) is 17.1. The molecule has 0 saturated heterocycles. The van der Waals surface area contributed by atoms with Crippen molar-refractivity contribution in [1.82, 2.24) is 10.6 Å². The van der Waals surface area contributed by atoms with Gasteiger partial charge in [-0.15, -0.1) is 24.0 Å². The molecule has 7 heteroatoms. The van der Waals surface area contributed by atoms with Crippen LogP contribution in [-0.2, 0) is 18.6 Å². The lowest BCUT2D eigenvalue weighted by molar-refractivity contribution is 0.0386. The van der Waals surface area contributed by atoms with Crippen LogP contribution in [-0.4, -0.2) is 24.2 Å². The fraction of sp³-hybridized carbons (Fsp3) is 0.286. The monoisotopic (exact) mass is 495 g/mol. The number of nitrogens with zero attached hydrogens (tertiary/aromatic N) is 1. The molecule has 0 bridgehead atoms. The molecule has 0 radical (unpaired) electrons. The van der Waals surface area contributed by atoms with Crippen molar-refractivity contribution in [3.63, 3.8) is 0 Å². The van der Waals surface area contributed by atoms with Crippen molar-refractivity contribution in [1.29, 1.82) is 0 Å². The highest BCUT2D eigenvalue weighted by Gasteiger charge is 2.26. The van der Waals surface area contributed by atoms with Gasteiger partial charge in [-0.3, -0.25) is 0 Å². The zero-order valence-corrected chi connectivity index (χ0v) is 18.1. The summed E-state index contributed by atoms with van der Waals surface area (Å²) < 4.78 is 10.7. The Balaban J connectivity index is 0.00000280. The molecule has 2 heterocycles. The van der Waals surface area contributed by atoms with Gasteiger partial charge in [-0.05, 0) is 36.8 Å². The number of guanidine groups is 1. The summed E-state index contributed by atoms with van der Waals surface area (Å²) in [4.78, 5) is 4.62. The van der Waals surface area contributed by atoms with E-state index in [-0.39, 0.29) is 30.5 Å². The molecule has 0 saturated carbocycles. The smallest absolute Gasteiger partial charge is 0.191 e. The first-order valence-corrected chi connectivity index (χ1v) is 8.98. The molecule has 150 valence electrons. The van der Waals surface area contributed by atoms with Gasteiger partial charge in [0.15, 0.2) is 5.96 Å². The van der Waals surface area contributed by atoms with E-state index >= 15 is 0 Å². The summed E-state index contributed by atoms with van der Waals surface area (Å²) in [6, 6.07) is 17.4. The molecule has 0 aliphatic heterocycles. The van der Waals surface area contributed by atoms with Crippen molar-refractivity contribution in [3.05, 3.63) is 84.2 Å². The molecule has 1 atom stereocenters. The van der Waals surface area contributed by atoms with E-state index in [4.69, 9.17) is 8.83 Å². The molecule has 0 aliphatic carbocycles. The topological polar surface area (TPSA) is 82.9 Å². The SMILES string of the molecule is CC(O)(CNC(=NCc1ccccc1)NCCc1ccco1)c1ccco1.I. The van der Waals surface area contributed by atoms with Crippen molar-refractivity contribution in [2.45, 2.75) is 25.5 Å². The van der Waals surface area contributed by atoms with Crippen LogP contribution < -0.4 is 10.6 Å². The van der Waals surface area contributed by atoms with E-state index < -0.39 is 5.60 Å². The van der Waals surface area contributed by atoms with Gasteiger partial charge in [0, 0.05) is 13.0 Å². The largest absolute Gasteiger partial charge is 0.469 e. The van der Waals surface area contributed by atoms with Crippen LogP contribution in [0.15, 0.2) is 81.0 Å². The summed E-state index contributed by atoms with van der Waals surface area (Å²) in [5.41, 5.74) is -0.0258. The highest BCUT2D eigenvalue weighted by atomic mass is 127. The molecule has 3 N–H and O–H groups in total. The standard InChI is InChI=1S/C21H25N3O3.HI/c1-21(25,19-10-6-14-27-19)16-24-20(22-12-11-18-9-5-13-26-18)23-15-17-7-3-2-4-8-17;/h2-10,13-14,25H,11-12,15-16H2,1H3,(H2,22,23,24);1H. The fourth-order valence-corrected chi connectivity index (χ4v) is 2.61. The molecular weight excluding hydrogens is 469 g/mol. The average molecular weight is 495 g/mol. The second kappa shape index (κ2) is 10.9. The van der Waals surface area contributed by atoms with Crippen LogP contribution in [0.1, 0.15) is 24.0 Å². The number of hydrogen-bond donors (Lipinski definition) is 3. The number of hydrogen-bond acceptors (Lipinski definition) is 4. The van der Waals surface area contributed by atoms with E-state index in [0.29, 0.717) is 24.8 Å². The van der Waals surface area contributed by atoms with Crippen LogP contribution in [0.3, 0.4) is 0 Å². The summed E-state index contributed by atoms with van der Waals surface area (Å²) in [5.74, 6) is 2.04. The van der Waals surface area contributed by atoms with E-state index in [1.807, 2.05) is 42.5 Å². The highest BCUT2D eigenvalue weighted by molar-refractivity contribution is 14.0. The minimum Gasteiger partial charge on any atom is -0.469 e. The summed E-state index contributed by atoms with van der Waals surface area (Å²) >= 11 is 0. The van der Waals surface area contributed by atoms with Crippen LogP contribution >= 0.6 is 24.0 Å². The maximum atomic E-state index is 10.6. The number of rotatable bonds is 8. The van der Waals surface area contributed by atoms with Crippen molar-refractivity contribution >= 4 is 29.9 Å². The van der Waals surface area contributed by atoms with Crippen LogP contribution in [0.5, 0.6) is 0 Å². The second-order valence-electron chi connectivity index (χ2n) is 6.51. The van der Waals surface area contributed by atoms with Gasteiger partial charge >= 0.3 is 0 Å². The first-order valence-electron chi connectivity index (χ1n) is 8.98. The van der Waals surface area contributed by atoms with Crippen LogP contribution in [0.2, 0.25) is 0 Å². The molecule has 3 aromatic rings. The fourth-order valence-electron chi connectivity index (χ4n) is 2.61.